The van der Waals surface area contributed by atoms with E-state index >= 15 is 0 Å². The van der Waals surface area contributed by atoms with Crippen molar-refractivity contribution in [3.05, 3.63) is 24.3 Å². The smallest absolute Gasteiger partial charge is 0.242 e. The molecule has 0 aliphatic heterocycles. The largest absolute Gasteiger partial charge is 0.494 e. The summed E-state index contributed by atoms with van der Waals surface area (Å²) in [5.41, 5.74) is 0. The third kappa shape index (κ3) is 4.34. The van der Waals surface area contributed by atoms with E-state index in [0.717, 1.165) is 12.8 Å². The summed E-state index contributed by atoms with van der Waals surface area (Å²) >= 11 is 5.58. The normalized spacial score (nSPS) is 21.5. The van der Waals surface area contributed by atoms with Gasteiger partial charge >= 0.3 is 0 Å². The van der Waals surface area contributed by atoms with E-state index in [1.807, 2.05) is 0 Å². The van der Waals surface area contributed by atoms with Crippen LogP contribution in [0, 0.1) is 11.8 Å². The second kappa shape index (κ2) is 6.99. The number of halogens is 1. The van der Waals surface area contributed by atoms with Gasteiger partial charge in [0, 0.05) is 19.5 Å². The molecule has 1 saturated carbocycles. The Morgan fingerprint density at radius 1 is 1.33 bits per heavy atom. The van der Waals surface area contributed by atoms with Crippen molar-refractivity contribution >= 4 is 21.6 Å². The van der Waals surface area contributed by atoms with Gasteiger partial charge in [-0.25, -0.2) is 12.7 Å². The highest BCUT2D eigenvalue weighted by Crippen LogP contribution is 2.38. The van der Waals surface area contributed by atoms with E-state index in [-0.39, 0.29) is 0 Å². The van der Waals surface area contributed by atoms with Crippen LogP contribution in [0.15, 0.2) is 29.2 Å². The average Bonchev–Trinajstić information content (AvgIpc) is 3.15. The first-order valence-electron chi connectivity index (χ1n) is 7.20. The van der Waals surface area contributed by atoms with Gasteiger partial charge < -0.3 is 4.74 Å². The molecule has 2 unspecified atom stereocenters. The van der Waals surface area contributed by atoms with Gasteiger partial charge in [-0.2, -0.15) is 0 Å². The van der Waals surface area contributed by atoms with Crippen LogP contribution in [0.5, 0.6) is 5.75 Å². The monoisotopic (exact) mass is 331 g/mol. The van der Waals surface area contributed by atoms with Gasteiger partial charge in [0.25, 0.3) is 0 Å². The minimum Gasteiger partial charge on any atom is -0.494 e. The molecule has 1 aliphatic rings. The van der Waals surface area contributed by atoms with Crippen LogP contribution >= 0.6 is 11.6 Å². The molecule has 2 atom stereocenters. The summed E-state index contributed by atoms with van der Waals surface area (Å²) in [5.74, 6) is 2.36. The van der Waals surface area contributed by atoms with Crippen LogP contribution in [0.1, 0.15) is 19.8 Å². The van der Waals surface area contributed by atoms with E-state index < -0.39 is 10.0 Å². The Morgan fingerprint density at radius 3 is 2.48 bits per heavy atom. The number of sulfonamides is 1. The van der Waals surface area contributed by atoms with E-state index in [9.17, 15) is 8.42 Å². The number of nitrogens with zero attached hydrogens (tertiary/aromatic N) is 1. The van der Waals surface area contributed by atoms with E-state index in [4.69, 9.17) is 16.3 Å². The molecule has 0 N–H and O–H groups in total. The van der Waals surface area contributed by atoms with Crippen LogP contribution < -0.4 is 4.74 Å². The summed E-state index contributed by atoms with van der Waals surface area (Å²) in [6.45, 7) is 3.28. The lowest BCUT2D eigenvalue weighted by Crippen LogP contribution is -2.29. The van der Waals surface area contributed by atoms with Gasteiger partial charge in [0.1, 0.15) is 5.75 Å². The number of benzene rings is 1. The van der Waals surface area contributed by atoms with Crippen LogP contribution in [-0.4, -0.2) is 38.8 Å². The van der Waals surface area contributed by atoms with Crippen LogP contribution in [0.3, 0.4) is 0 Å². The summed E-state index contributed by atoms with van der Waals surface area (Å²) in [6, 6.07) is 6.57. The molecule has 0 saturated heterocycles. The minimum atomic E-state index is -3.40. The first-order chi connectivity index (χ1) is 9.95. The quantitative estimate of drug-likeness (QED) is 0.543. The van der Waals surface area contributed by atoms with Crippen molar-refractivity contribution in [3.63, 3.8) is 0 Å². The molecule has 6 heteroatoms. The summed E-state index contributed by atoms with van der Waals surface area (Å²) in [7, 11) is -1.76. The number of hydrogen-bond acceptors (Lipinski definition) is 3. The predicted octanol–water partition coefficient (Wildman–Crippen LogP) is 2.97. The Hall–Kier alpha value is -0.780. The topological polar surface area (TPSA) is 46.6 Å². The van der Waals surface area contributed by atoms with Crippen LogP contribution in [0.25, 0.3) is 0 Å². The summed E-state index contributed by atoms with van der Waals surface area (Å²) in [5, 5.41) is 0. The second-order valence-electron chi connectivity index (χ2n) is 5.62. The van der Waals surface area contributed by atoms with Crippen LogP contribution in [0.4, 0.5) is 0 Å². The van der Waals surface area contributed by atoms with Gasteiger partial charge in [0.2, 0.25) is 10.0 Å². The van der Waals surface area contributed by atoms with E-state index in [1.54, 1.807) is 31.3 Å². The van der Waals surface area contributed by atoms with Gasteiger partial charge in [-0.15, -0.1) is 11.6 Å². The molecule has 0 radical (unpaired) electrons. The van der Waals surface area contributed by atoms with Crippen molar-refractivity contribution in [1.29, 1.82) is 0 Å². The van der Waals surface area contributed by atoms with Crippen molar-refractivity contribution in [2.45, 2.75) is 24.7 Å². The third-order valence-corrected chi connectivity index (χ3v) is 5.95. The Balaban J connectivity index is 1.99. The number of rotatable bonds is 8. The lowest BCUT2D eigenvalue weighted by Gasteiger charge is -2.17. The van der Waals surface area contributed by atoms with Crippen LogP contribution in [-0.2, 0) is 10.0 Å². The molecule has 0 heterocycles. The molecule has 2 rings (SSSR count). The molecular formula is C15H22ClNO3S. The Labute approximate surface area is 132 Å². The fourth-order valence-corrected chi connectivity index (χ4v) is 3.55. The molecule has 0 amide bonds. The maximum absolute atomic E-state index is 12.4. The molecule has 0 bridgehead atoms. The molecule has 1 aromatic rings. The lowest BCUT2D eigenvalue weighted by atomic mass is 10.3. The van der Waals surface area contributed by atoms with Gasteiger partial charge in [0.05, 0.1) is 11.5 Å². The lowest BCUT2D eigenvalue weighted by molar-refractivity contribution is 0.318. The fraction of sp³-hybridized carbons (Fsp3) is 0.600. The zero-order valence-corrected chi connectivity index (χ0v) is 14.0. The van der Waals surface area contributed by atoms with E-state index in [0.29, 0.717) is 41.5 Å². The van der Waals surface area contributed by atoms with Crippen molar-refractivity contribution in [2.75, 3.05) is 26.1 Å². The number of alkyl halides is 1. The maximum atomic E-state index is 12.4. The first kappa shape index (κ1) is 16.6. The molecule has 21 heavy (non-hydrogen) atoms. The highest BCUT2D eigenvalue weighted by atomic mass is 35.5. The second-order valence-corrected chi connectivity index (χ2v) is 8.04. The molecule has 4 nitrogen and oxygen atoms in total. The molecule has 0 aromatic heterocycles. The van der Waals surface area contributed by atoms with E-state index in [2.05, 4.69) is 6.92 Å². The number of hydrogen-bond donors (Lipinski definition) is 0. The zero-order chi connectivity index (χ0) is 15.5. The van der Waals surface area contributed by atoms with Gasteiger partial charge in [-0.3, -0.25) is 0 Å². The molecule has 1 aromatic carbocycles. The summed E-state index contributed by atoms with van der Waals surface area (Å²) in [4.78, 5) is 0.308. The molecule has 0 spiro atoms. The minimum absolute atomic E-state index is 0.308. The van der Waals surface area contributed by atoms with Crippen molar-refractivity contribution in [3.8, 4) is 5.75 Å². The third-order valence-electron chi connectivity index (χ3n) is 3.85. The average molecular weight is 332 g/mol. The highest BCUT2D eigenvalue weighted by molar-refractivity contribution is 7.89. The van der Waals surface area contributed by atoms with Crippen LogP contribution in [0.2, 0.25) is 0 Å². The number of ether oxygens (including phenoxy) is 1. The van der Waals surface area contributed by atoms with Crippen molar-refractivity contribution < 1.29 is 13.2 Å². The van der Waals surface area contributed by atoms with Crippen molar-refractivity contribution in [1.82, 2.24) is 4.31 Å². The van der Waals surface area contributed by atoms with Gasteiger partial charge in [-0.1, -0.05) is 6.92 Å². The highest BCUT2D eigenvalue weighted by Gasteiger charge is 2.36. The van der Waals surface area contributed by atoms with Gasteiger partial charge in [-0.05, 0) is 48.9 Å². The predicted molar refractivity (Wildman–Crippen MR) is 84.4 cm³/mol. The summed E-state index contributed by atoms with van der Waals surface area (Å²) < 4.78 is 31.8. The molecular weight excluding hydrogens is 310 g/mol. The standard InChI is InChI=1S/C15H22ClNO3S/c1-12-10-13(12)11-17(2)21(18,19)15-6-4-14(5-7-15)20-9-3-8-16/h4-7,12-13H,3,8-11H2,1-2H3. The van der Waals surface area contributed by atoms with Gasteiger partial charge in [0.15, 0.2) is 0 Å². The Bertz CT molecular complexity index is 559. The van der Waals surface area contributed by atoms with Crippen molar-refractivity contribution in [2.24, 2.45) is 11.8 Å². The molecule has 118 valence electrons. The Morgan fingerprint density at radius 2 is 1.95 bits per heavy atom. The zero-order valence-electron chi connectivity index (χ0n) is 12.5. The molecule has 1 aliphatic carbocycles. The first-order valence-corrected chi connectivity index (χ1v) is 9.17. The van der Waals surface area contributed by atoms with E-state index in [1.165, 1.54) is 4.31 Å². The Kier molecular flexibility index (Phi) is 5.52. The maximum Gasteiger partial charge on any atom is 0.242 e. The molecule has 1 fully saturated rings. The fourth-order valence-electron chi connectivity index (χ4n) is 2.21. The summed E-state index contributed by atoms with van der Waals surface area (Å²) in [6.07, 6.45) is 1.89. The SMILES string of the molecule is CC1CC1CN(C)S(=O)(=O)c1ccc(OCCCCl)cc1.